The van der Waals surface area contributed by atoms with Crippen LogP contribution in [0.25, 0.3) is 117 Å². The maximum Gasteiger partial charge on any atom is 0.238 e. The van der Waals surface area contributed by atoms with Crippen molar-refractivity contribution in [2.45, 2.75) is 19.3 Å². The topological polar surface area (TPSA) is 56.7 Å². The van der Waals surface area contributed by atoms with Crippen molar-refractivity contribution in [3.8, 4) is 62.1 Å². The normalized spacial score (nSPS) is 13.0. The van der Waals surface area contributed by atoms with E-state index in [0.29, 0.717) is 17.6 Å². The molecular weight excluding hydrogens is 769 g/mol. The van der Waals surface area contributed by atoms with Gasteiger partial charge in [-0.15, -0.1) is 0 Å². The molecule has 0 saturated carbocycles. The molecule has 0 aliphatic heterocycles. The summed E-state index contributed by atoms with van der Waals surface area (Å²) < 4.78 is 8.58. The molecule has 0 unspecified atom stereocenters. The Morgan fingerprint density at radius 2 is 0.984 bits per heavy atom. The summed E-state index contributed by atoms with van der Waals surface area (Å²) in [6.07, 6.45) is 0. The van der Waals surface area contributed by atoms with E-state index in [-0.39, 0.29) is 5.41 Å². The van der Waals surface area contributed by atoms with Crippen LogP contribution in [0, 0.1) is 0 Å². The molecule has 9 aromatic carbocycles. The Bertz CT molecular complexity index is 3840. The molecule has 0 spiro atoms. The third kappa shape index (κ3) is 5.33. The molecule has 0 bridgehead atoms. The number of para-hydroxylation sites is 3. The van der Waals surface area contributed by atoms with E-state index >= 15 is 0 Å². The fourth-order valence-electron chi connectivity index (χ4n) is 10.3. The summed E-state index contributed by atoms with van der Waals surface area (Å²) in [6.45, 7) is 4.67. The molecular formula is C58H38N4O. The molecule has 13 rings (SSSR count). The second-order valence-corrected chi connectivity index (χ2v) is 17.1. The van der Waals surface area contributed by atoms with Crippen molar-refractivity contribution < 1.29 is 4.42 Å². The Kier molecular flexibility index (Phi) is 7.58. The molecule has 63 heavy (non-hydrogen) atoms. The predicted octanol–water partition coefficient (Wildman–Crippen LogP) is 15.0. The van der Waals surface area contributed by atoms with E-state index in [4.69, 9.17) is 19.4 Å². The van der Waals surface area contributed by atoms with Gasteiger partial charge >= 0.3 is 0 Å². The zero-order valence-corrected chi connectivity index (χ0v) is 34.7. The summed E-state index contributed by atoms with van der Waals surface area (Å²) in [5.41, 5.74) is 15.5. The highest BCUT2D eigenvalue weighted by molar-refractivity contribution is 6.16. The van der Waals surface area contributed by atoms with Crippen LogP contribution in [-0.2, 0) is 5.41 Å². The van der Waals surface area contributed by atoms with Gasteiger partial charge in [0.2, 0.25) is 5.95 Å². The maximum atomic E-state index is 6.35. The SMILES string of the molecule is CC1(C)c2ccccc2-c2cc(-c3cccc4c(-c5cccc6c7ccccc7n(-c7nc(-c8ccccc8)nc(-c8ccc9c(c8)oc8ccccc89)n7)c56)cccc34)ccc21. The third-order valence-corrected chi connectivity index (χ3v) is 13.3. The van der Waals surface area contributed by atoms with Gasteiger partial charge in [-0.1, -0.05) is 178 Å². The number of furan rings is 1. The minimum Gasteiger partial charge on any atom is -0.456 e. The Labute approximate surface area is 363 Å². The van der Waals surface area contributed by atoms with E-state index in [1.54, 1.807) is 0 Å². The summed E-state index contributed by atoms with van der Waals surface area (Å²) in [7, 11) is 0. The van der Waals surface area contributed by atoms with Crippen molar-refractivity contribution in [2.75, 3.05) is 0 Å². The monoisotopic (exact) mass is 806 g/mol. The van der Waals surface area contributed by atoms with Gasteiger partial charge in [-0.2, -0.15) is 9.97 Å². The number of nitrogens with zero attached hydrogens (tertiary/aromatic N) is 4. The van der Waals surface area contributed by atoms with Crippen molar-refractivity contribution in [3.63, 3.8) is 0 Å². The smallest absolute Gasteiger partial charge is 0.238 e. The average Bonchev–Trinajstić information content (AvgIpc) is 3.96. The van der Waals surface area contributed by atoms with Gasteiger partial charge in [-0.3, -0.25) is 4.57 Å². The first-order chi connectivity index (χ1) is 31.0. The number of aromatic nitrogens is 4. The van der Waals surface area contributed by atoms with Crippen LogP contribution in [0.4, 0.5) is 0 Å². The number of fused-ring (bicyclic) bond motifs is 10. The summed E-state index contributed by atoms with van der Waals surface area (Å²) in [5, 5.41) is 6.78. The summed E-state index contributed by atoms with van der Waals surface area (Å²) in [4.78, 5) is 15.8. The molecule has 1 aliphatic carbocycles. The first-order valence-electron chi connectivity index (χ1n) is 21.5. The van der Waals surface area contributed by atoms with Crippen LogP contribution >= 0.6 is 0 Å². The van der Waals surface area contributed by atoms with Gasteiger partial charge in [0.15, 0.2) is 11.6 Å². The summed E-state index contributed by atoms with van der Waals surface area (Å²) >= 11 is 0. The second-order valence-electron chi connectivity index (χ2n) is 17.1. The van der Waals surface area contributed by atoms with Crippen LogP contribution in [0.15, 0.2) is 199 Å². The number of hydrogen-bond donors (Lipinski definition) is 0. The van der Waals surface area contributed by atoms with Gasteiger partial charge in [0.05, 0.1) is 11.0 Å². The molecule has 0 amide bonds. The van der Waals surface area contributed by atoms with E-state index in [1.165, 1.54) is 44.2 Å². The Morgan fingerprint density at radius 1 is 0.381 bits per heavy atom. The molecule has 5 nitrogen and oxygen atoms in total. The van der Waals surface area contributed by atoms with Gasteiger partial charge in [-0.05, 0) is 80.0 Å². The van der Waals surface area contributed by atoms with Crippen LogP contribution in [-0.4, -0.2) is 19.5 Å². The van der Waals surface area contributed by atoms with Crippen molar-refractivity contribution in [3.05, 3.63) is 205 Å². The Hall–Kier alpha value is -8.15. The molecule has 296 valence electrons. The average molecular weight is 807 g/mol. The highest BCUT2D eigenvalue weighted by Gasteiger charge is 2.35. The molecule has 12 aromatic rings. The molecule has 3 heterocycles. The van der Waals surface area contributed by atoms with Crippen molar-refractivity contribution in [1.29, 1.82) is 0 Å². The quantitative estimate of drug-likeness (QED) is 0.174. The third-order valence-electron chi connectivity index (χ3n) is 13.3. The standard InChI is InChI=1S/C58H38N4O/c1-58(2)49-26-9-6-17-42(49)48-33-36(30-32-50(48)58)38-20-12-22-40-39(38)21-13-23-41(40)46-24-14-25-47-43-18-7-10-27-51(43)62(54(46)47)57-60-55(35-15-4-3-5-16-35)59-56(61-57)37-29-31-45-44-19-8-11-28-52(44)63-53(45)34-37/h3-34H,1-2H3. The van der Waals surface area contributed by atoms with Gasteiger partial charge < -0.3 is 4.42 Å². The lowest BCUT2D eigenvalue weighted by molar-refractivity contribution is 0.660. The van der Waals surface area contributed by atoms with E-state index in [1.807, 2.05) is 36.4 Å². The molecule has 0 saturated heterocycles. The highest BCUT2D eigenvalue weighted by atomic mass is 16.3. The van der Waals surface area contributed by atoms with Crippen LogP contribution in [0.5, 0.6) is 0 Å². The lowest BCUT2D eigenvalue weighted by Crippen LogP contribution is -2.14. The van der Waals surface area contributed by atoms with Gasteiger partial charge in [-0.25, -0.2) is 4.98 Å². The van der Waals surface area contributed by atoms with Crippen LogP contribution in [0.1, 0.15) is 25.0 Å². The molecule has 0 N–H and O–H groups in total. The minimum atomic E-state index is -0.0448. The Balaban J connectivity index is 1.03. The van der Waals surface area contributed by atoms with Crippen LogP contribution < -0.4 is 0 Å². The predicted molar refractivity (Wildman–Crippen MR) is 258 cm³/mol. The maximum absolute atomic E-state index is 6.35. The lowest BCUT2D eigenvalue weighted by Gasteiger charge is -2.21. The number of benzene rings is 9. The summed E-state index contributed by atoms with van der Waals surface area (Å²) in [6, 6.07) is 69.1. The highest BCUT2D eigenvalue weighted by Crippen LogP contribution is 2.50. The Morgan fingerprint density at radius 3 is 1.84 bits per heavy atom. The van der Waals surface area contributed by atoms with E-state index in [0.717, 1.165) is 66.0 Å². The number of hydrogen-bond acceptors (Lipinski definition) is 4. The lowest BCUT2D eigenvalue weighted by atomic mass is 9.82. The van der Waals surface area contributed by atoms with Crippen molar-refractivity contribution in [1.82, 2.24) is 19.5 Å². The van der Waals surface area contributed by atoms with E-state index in [2.05, 4.69) is 176 Å². The first kappa shape index (κ1) is 35.6. The van der Waals surface area contributed by atoms with Crippen LogP contribution in [0.3, 0.4) is 0 Å². The summed E-state index contributed by atoms with van der Waals surface area (Å²) in [5.74, 6) is 1.71. The van der Waals surface area contributed by atoms with Gasteiger partial charge in [0.25, 0.3) is 0 Å². The van der Waals surface area contributed by atoms with E-state index < -0.39 is 0 Å². The zero-order valence-electron chi connectivity index (χ0n) is 34.7. The van der Waals surface area contributed by atoms with Gasteiger partial charge in [0.1, 0.15) is 11.2 Å². The van der Waals surface area contributed by atoms with Gasteiger partial charge in [0, 0.05) is 43.7 Å². The van der Waals surface area contributed by atoms with Crippen molar-refractivity contribution in [2.24, 2.45) is 0 Å². The molecule has 3 aromatic heterocycles. The number of rotatable bonds is 5. The first-order valence-corrected chi connectivity index (χ1v) is 21.5. The largest absolute Gasteiger partial charge is 0.456 e. The fourth-order valence-corrected chi connectivity index (χ4v) is 10.3. The van der Waals surface area contributed by atoms with Crippen molar-refractivity contribution >= 4 is 54.5 Å². The molecule has 1 aliphatic rings. The fraction of sp³-hybridized carbons (Fsp3) is 0.0517. The minimum absolute atomic E-state index is 0.0448. The molecule has 0 atom stereocenters. The van der Waals surface area contributed by atoms with Crippen LogP contribution in [0.2, 0.25) is 0 Å². The second kappa shape index (κ2) is 13.4. The molecule has 0 radical (unpaired) electrons. The van der Waals surface area contributed by atoms with E-state index in [9.17, 15) is 0 Å². The molecule has 5 heteroatoms. The molecule has 0 fully saturated rings. The zero-order chi connectivity index (χ0) is 41.8.